The number of phosphoric acid groups is 1. The number of carbonyl (C=O) groups excluding carboxylic acids is 2. The van der Waals surface area contributed by atoms with Gasteiger partial charge in [-0.05, 0) is 64.2 Å². The highest BCUT2D eigenvalue weighted by atomic mass is 31.2. The maximum absolute atomic E-state index is 12.6. The summed E-state index contributed by atoms with van der Waals surface area (Å²) in [7, 11) is -4.62. The van der Waals surface area contributed by atoms with Crippen LogP contribution in [0.5, 0.6) is 0 Å². The van der Waals surface area contributed by atoms with Crippen LogP contribution in [0.2, 0.25) is 0 Å². The molecular weight excluding hydrogens is 743 g/mol. The van der Waals surface area contributed by atoms with Crippen molar-refractivity contribution >= 4 is 19.8 Å². The molecule has 11 heteroatoms. The molecule has 10 nitrogen and oxygen atoms in total. The predicted octanol–water partition coefficient (Wildman–Crippen LogP) is 12.6. The number of esters is 2. The van der Waals surface area contributed by atoms with Crippen molar-refractivity contribution in [1.82, 2.24) is 0 Å². The van der Waals surface area contributed by atoms with E-state index in [1.165, 1.54) is 128 Å². The van der Waals surface area contributed by atoms with Crippen molar-refractivity contribution in [3.8, 4) is 0 Å². The van der Waals surface area contributed by atoms with Crippen molar-refractivity contribution in [2.24, 2.45) is 0 Å². The van der Waals surface area contributed by atoms with E-state index < -0.39 is 51.8 Å². The Hall–Kier alpha value is -1.55. The normalized spacial score (nSPS) is 14.0. The van der Waals surface area contributed by atoms with Crippen molar-refractivity contribution in [2.75, 3.05) is 26.4 Å². The third kappa shape index (κ3) is 42.4. The van der Waals surface area contributed by atoms with Crippen molar-refractivity contribution < 1.29 is 47.8 Å². The number of unbranched alkanes of at least 4 members (excludes halogenated alkanes) is 26. The second kappa shape index (κ2) is 42.6. The largest absolute Gasteiger partial charge is 0.472 e. The molecule has 0 aromatic heterocycles. The Kier molecular flexibility index (Phi) is 41.4. The van der Waals surface area contributed by atoms with E-state index in [9.17, 15) is 24.2 Å². The molecule has 0 saturated carbocycles. The zero-order valence-corrected chi connectivity index (χ0v) is 37.5. The lowest BCUT2D eigenvalue weighted by atomic mass is 10.1. The van der Waals surface area contributed by atoms with Crippen LogP contribution in [0.15, 0.2) is 24.3 Å². The molecule has 57 heavy (non-hydrogen) atoms. The molecule has 0 rings (SSSR count). The summed E-state index contributed by atoms with van der Waals surface area (Å²) in [5, 5.41) is 18.4. The van der Waals surface area contributed by atoms with Crippen LogP contribution >= 0.6 is 7.82 Å². The van der Waals surface area contributed by atoms with E-state index in [0.717, 1.165) is 51.4 Å². The molecule has 0 spiro atoms. The molecule has 0 heterocycles. The van der Waals surface area contributed by atoms with Crippen molar-refractivity contribution in [3.05, 3.63) is 24.3 Å². The number of rotatable bonds is 44. The molecule has 0 amide bonds. The fraction of sp³-hybridized carbons (Fsp3) is 0.870. The number of hydrogen-bond donors (Lipinski definition) is 3. The molecule has 1 unspecified atom stereocenters. The quantitative estimate of drug-likeness (QED) is 0.0234. The van der Waals surface area contributed by atoms with E-state index in [-0.39, 0.29) is 19.4 Å². The Balaban J connectivity index is 4.25. The third-order valence-corrected chi connectivity index (χ3v) is 11.0. The second-order valence-corrected chi connectivity index (χ2v) is 17.2. The Morgan fingerprint density at radius 2 is 0.860 bits per heavy atom. The molecule has 0 aliphatic heterocycles. The minimum atomic E-state index is -4.62. The van der Waals surface area contributed by atoms with Gasteiger partial charge in [0.25, 0.3) is 0 Å². The summed E-state index contributed by atoms with van der Waals surface area (Å²) in [5.74, 6) is -0.927. The first kappa shape index (κ1) is 55.5. The Bertz CT molecular complexity index is 1000. The van der Waals surface area contributed by atoms with Gasteiger partial charge < -0.3 is 24.6 Å². The minimum Gasteiger partial charge on any atom is -0.462 e. The number of ether oxygens (including phenoxy) is 2. The molecule has 0 aromatic carbocycles. The van der Waals surface area contributed by atoms with Crippen LogP contribution < -0.4 is 0 Å². The molecule has 0 bridgehead atoms. The zero-order valence-electron chi connectivity index (χ0n) is 36.6. The first-order chi connectivity index (χ1) is 27.7. The van der Waals surface area contributed by atoms with Gasteiger partial charge in [-0.3, -0.25) is 18.6 Å². The highest BCUT2D eigenvalue weighted by Crippen LogP contribution is 2.43. The Morgan fingerprint density at radius 3 is 1.26 bits per heavy atom. The summed E-state index contributed by atoms with van der Waals surface area (Å²) in [5.41, 5.74) is 0. The fourth-order valence-corrected chi connectivity index (χ4v) is 7.24. The van der Waals surface area contributed by atoms with E-state index in [0.29, 0.717) is 12.8 Å². The zero-order chi connectivity index (χ0) is 41.9. The monoisotopic (exact) mass is 831 g/mol. The van der Waals surface area contributed by atoms with Gasteiger partial charge in [0, 0.05) is 12.8 Å². The number of hydrogen-bond acceptors (Lipinski definition) is 9. The summed E-state index contributed by atoms with van der Waals surface area (Å²) in [6.45, 7) is 2.39. The SMILES string of the molecule is CCCCCCCC/C=C/CCCCCCCCCC(=O)OC[C@H](COP(=O)(O)OC[C@@H](O)CO)OC(=O)CCCCCCCCC/C=C/CCCCCCCC. The summed E-state index contributed by atoms with van der Waals surface area (Å²) in [4.78, 5) is 35.1. The maximum Gasteiger partial charge on any atom is 0.472 e. The van der Waals surface area contributed by atoms with Crippen molar-refractivity contribution in [2.45, 2.75) is 232 Å². The third-order valence-electron chi connectivity index (χ3n) is 10.1. The van der Waals surface area contributed by atoms with Crippen molar-refractivity contribution in [1.29, 1.82) is 0 Å². The molecule has 3 N–H and O–H groups in total. The van der Waals surface area contributed by atoms with Gasteiger partial charge in [0.2, 0.25) is 0 Å². The Labute approximate surface area is 348 Å². The van der Waals surface area contributed by atoms with E-state index in [2.05, 4.69) is 38.2 Å². The molecule has 0 fully saturated rings. The van der Waals surface area contributed by atoms with E-state index >= 15 is 0 Å². The van der Waals surface area contributed by atoms with Gasteiger partial charge in [0.15, 0.2) is 6.10 Å². The summed E-state index contributed by atoms with van der Waals surface area (Å²) in [6, 6.07) is 0. The molecule has 0 aliphatic rings. The molecule has 0 saturated heterocycles. The van der Waals surface area contributed by atoms with E-state index in [4.69, 9.17) is 23.6 Å². The lowest BCUT2D eigenvalue weighted by Crippen LogP contribution is -2.29. The van der Waals surface area contributed by atoms with Gasteiger partial charge in [-0.15, -0.1) is 0 Å². The standard InChI is InChI=1S/C46H87O10P/c1-3-5-7-9-11-13-15-17-19-21-23-25-27-29-31-33-35-37-45(49)53-41-44(42-55-57(51,52)54-40-43(48)39-47)56-46(50)38-36-34-32-30-28-26-24-22-20-18-16-14-12-10-8-6-4-2/h17-20,43-44,47-48H,3-16,21-42H2,1-2H3,(H,51,52)/b19-17+,20-18+/t43-,44+/m0/s1. The van der Waals surface area contributed by atoms with Gasteiger partial charge in [-0.25, -0.2) is 4.57 Å². The molecule has 336 valence electrons. The average molecular weight is 831 g/mol. The molecule has 0 aromatic rings. The van der Waals surface area contributed by atoms with Crippen LogP contribution in [0.1, 0.15) is 219 Å². The van der Waals surface area contributed by atoms with Crippen LogP contribution in [0.3, 0.4) is 0 Å². The first-order valence-electron chi connectivity index (χ1n) is 23.3. The number of phosphoric ester groups is 1. The van der Waals surface area contributed by atoms with E-state index in [1.807, 2.05) is 0 Å². The number of allylic oxidation sites excluding steroid dienone is 4. The molecule has 0 radical (unpaired) electrons. The van der Waals surface area contributed by atoms with Crippen LogP contribution in [0, 0.1) is 0 Å². The average Bonchev–Trinajstić information content (AvgIpc) is 3.20. The molecule has 3 atom stereocenters. The molecule has 0 aliphatic carbocycles. The van der Waals surface area contributed by atoms with Crippen LogP contribution in [-0.2, 0) is 32.7 Å². The summed E-state index contributed by atoms with van der Waals surface area (Å²) >= 11 is 0. The van der Waals surface area contributed by atoms with Gasteiger partial charge in [0.05, 0.1) is 19.8 Å². The lowest BCUT2D eigenvalue weighted by Gasteiger charge is -2.20. The number of carbonyl (C=O) groups is 2. The second-order valence-electron chi connectivity index (χ2n) is 15.8. The van der Waals surface area contributed by atoms with Crippen LogP contribution in [-0.4, -0.2) is 65.7 Å². The maximum atomic E-state index is 12.6. The van der Waals surface area contributed by atoms with E-state index in [1.54, 1.807) is 0 Å². The minimum absolute atomic E-state index is 0.180. The van der Waals surface area contributed by atoms with Gasteiger partial charge in [0.1, 0.15) is 12.7 Å². The topological polar surface area (TPSA) is 149 Å². The van der Waals surface area contributed by atoms with Gasteiger partial charge in [-0.2, -0.15) is 0 Å². The fourth-order valence-electron chi connectivity index (χ4n) is 6.45. The van der Waals surface area contributed by atoms with Crippen molar-refractivity contribution in [3.63, 3.8) is 0 Å². The smallest absolute Gasteiger partial charge is 0.462 e. The Morgan fingerprint density at radius 1 is 0.509 bits per heavy atom. The predicted molar refractivity (Wildman–Crippen MR) is 233 cm³/mol. The van der Waals surface area contributed by atoms with Gasteiger partial charge in [-0.1, -0.05) is 167 Å². The highest BCUT2D eigenvalue weighted by molar-refractivity contribution is 7.47. The first-order valence-corrected chi connectivity index (χ1v) is 24.8. The van der Waals surface area contributed by atoms with Crippen LogP contribution in [0.4, 0.5) is 0 Å². The lowest BCUT2D eigenvalue weighted by molar-refractivity contribution is -0.161. The van der Waals surface area contributed by atoms with Gasteiger partial charge >= 0.3 is 19.8 Å². The summed E-state index contributed by atoms with van der Waals surface area (Å²) in [6.07, 6.45) is 42.8. The van der Waals surface area contributed by atoms with Crippen LogP contribution in [0.25, 0.3) is 0 Å². The number of aliphatic hydroxyl groups excluding tert-OH is 2. The highest BCUT2D eigenvalue weighted by Gasteiger charge is 2.27. The molecular formula is C46H87O10P. The number of aliphatic hydroxyl groups is 2. The summed E-state index contributed by atoms with van der Waals surface area (Å²) < 4.78 is 32.8.